The van der Waals surface area contributed by atoms with Gasteiger partial charge in [0.05, 0.1) is 5.02 Å². The fraction of sp³-hybridized carbons (Fsp3) is 0.250. The van der Waals surface area contributed by atoms with Crippen molar-refractivity contribution in [2.75, 3.05) is 36.4 Å². The number of piperazine rings is 1. The molecule has 1 N–H and O–H groups in total. The molecule has 0 aliphatic carbocycles. The van der Waals surface area contributed by atoms with Crippen LogP contribution in [0, 0.1) is 12.7 Å². The number of hydrogen-bond donors (Lipinski definition) is 1. The number of anilines is 2. The van der Waals surface area contributed by atoms with Crippen LogP contribution in [0.2, 0.25) is 5.02 Å². The summed E-state index contributed by atoms with van der Waals surface area (Å²) in [5.74, 6) is 0.580. The highest BCUT2D eigenvalue weighted by molar-refractivity contribution is 6.31. The second-order valence-corrected chi connectivity index (χ2v) is 7.12. The van der Waals surface area contributed by atoms with E-state index in [1.54, 1.807) is 11.8 Å². The van der Waals surface area contributed by atoms with E-state index in [1.165, 1.54) is 18.2 Å². The van der Waals surface area contributed by atoms with Crippen LogP contribution in [0.4, 0.5) is 20.6 Å². The van der Waals surface area contributed by atoms with Gasteiger partial charge in [-0.3, -0.25) is 0 Å². The fourth-order valence-corrected chi connectivity index (χ4v) is 3.36. The molecule has 0 saturated carbocycles. The van der Waals surface area contributed by atoms with Crippen LogP contribution in [0.3, 0.4) is 0 Å². The number of nitrogens with one attached hydrogen (secondary N) is 1. The molecule has 2 amide bonds. The molecular weight excluding hydrogens is 397 g/mol. The van der Waals surface area contributed by atoms with E-state index in [2.05, 4.69) is 20.4 Å². The van der Waals surface area contributed by atoms with Crippen LogP contribution in [-0.2, 0) is 0 Å². The number of carbonyl (C=O) groups is 1. The highest BCUT2D eigenvalue weighted by Crippen LogP contribution is 2.23. The quantitative estimate of drug-likeness (QED) is 0.694. The fourth-order valence-electron chi connectivity index (χ4n) is 3.18. The Hall–Kier alpha value is -3.13. The third kappa shape index (κ3) is 4.32. The minimum absolute atomic E-state index is 0.0213. The van der Waals surface area contributed by atoms with E-state index in [9.17, 15) is 9.18 Å². The summed E-state index contributed by atoms with van der Waals surface area (Å²) >= 11 is 5.76. The van der Waals surface area contributed by atoms with Crippen LogP contribution >= 0.6 is 11.6 Å². The van der Waals surface area contributed by atoms with E-state index in [-0.39, 0.29) is 11.1 Å². The molecule has 0 bridgehead atoms. The second-order valence-electron chi connectivity index (χ2n) is 6.72. The van der Waals surface area contributed by atoms with Crippen LogP contribution in [0.25, 0.3) is 11.4 Å². The third-order valence-electron chi connectivity index (χ3n) is 4.76. The van der Waals surface area contributed by atoms with Crippen molar-refractivity contribution in [3.8, 4) is 11.4 Å². The van der Waals surface area contributed by atoms with Gasteiger partial charge in [0.25, 0.3) is 0 Å². The number of rotatable bonds is 3. The number of aromatic nitrogens is 2. The number of carbonyl (C=O) groups excluding carboxylic acids is 1. The predicted molar refractivity (Wildman–Crippen MR) is 109 cm³/mol. The molecule has 9 heteroatoms. The van der Waals surface area contributed by atoms with E-state index in [0.717, 1.165) is 11.3 Å². The topological polar surface area (TPSA) is 74.5 Å². The molecular formula is C20H19ClFN5O2. The van der Waals surface area contributed by atoms with Gasteiger partial charge in [0.1, 0.15) is 5.82 Å². The Labute approximate surface area is 172 Å². The van der Waals surface area contributed by atoms with E-state index < -0.39 is 5.82 Å². The molecule has 1 aliphatic heterocycles. The van der Waals surface area contributed by atoms with Gasteiger partial charge in [-0.15, -0.1) is 0 Å². The lowest BCUT2D eigenvalue weighted by Crippen LogP contribution is -2.50. The Morgan fingerprint density at radius 3 is 2.48 bits per heavy atom. The lowest BCUT2D eigenvalue weighted by Gasteiger charge is -2.36. The summed E-state index contributed by atoms with van der Waals surface area (Å²) in [5, 5.41) is 6.66. The summed E-state index contributed by atoms with van der Waals surface area (Å²) in [6.45, 7) is 4.32. The number of aryl methyl sites for hydroxylation is 1. The van der Waals surface area contributed by atoms with Crippen molar-refractivity contribution in [2.45, 2.75) is 6.92 Å². The first-order valence-corrected chi connectivity index (χ1v) is 9.54. The standard InChI is InChI=1S/C20H19ClFN5O2/c1-13-23-19(25-29-13)14-2-5-16(6-3-14)26-8-10-27(11-9-26)20(28)24-15-4-7-18(22)17(21)12-15/h2-7,12H,8-11H2,1H3,(H,24,28). The van der Waals surface area contributed by atoms with Gasteiger partial charge in [0.15, 0.2) is 0 Å². The maximum Gasteiger partial charge on any atom is 0.321 e. The van der Waals surface area contributed by atoms with E-state index in [0.29, 0.717) is 43.6 Å². The smallest absolute Gasteiger partial charge is 0.321 e. The number of nitrogens with zero attached hydrogens (tertiary/aromatic N) is 4. The van der Waals surface area contributed by atoms with Crippen LogP contribution in [0.5, 0.6) is 0 Å². The summed E-state index contributed by atoms with van der Waals surface area (Å²) in [5.41, 5.74) is 2.43. The van der Waals surface area contributed by atoms with Crippen LogP contribution in [-0.4, -0.2) is 47.3 Å². The van der Waals surface area contributed by atoms with Crippen molar-refractivity contribution in [3.63, 3.8) is 0 Å². The molecule has 1 saturated heterocycles. The van der Waals surface area contributed by atoms with Gasteiger partial charge in [-0.25, -0.2) is 9.18 Å². The second kappa shape index (κ2) is 8.08. The molecule has 0 radical (unpaired) electrons. The van der Waals surface area contributed by atoms with Crippen LogP contribution in [0.1, 0.15) is 5.89 Å². The van der Waals surface area contributed by atoms with Gasteiger partial charge in [0, 0.05) is 50.0 Å². The Balaban J connectivity index is 1.34. The Bertz CT molecular complexity index is 1020. The van der Waals surface area contributed by atoms with E-state index in [1.807, 2.05) is 24.3 Å². The molecule has 4 rings (SSSR count). The maximum atomic E-state index is 13.2. The first-order valence-electron chi connectivity index (χ1n) is 9.16. The first kappa shape index (κ1) is 19.2. The van der Waals surface area contributed by atoms with Gasteiger partial charge in [0.2, 0.25) is 11.7 Å². The van der Waals surface area contributed by atoms with Crippen molar-refractivity contribution in [3.05, 3.63) is 59.2 Å². The minimum Gasteiger partial charge on any atom is -0.368 e. The Morgan fingerprint density at radius 1 is 1.14 bits per heavy atom. The molecule has 0 atom stereocenters. The molecule has 2 heterocycles. The molecule has 29 heavy (non-hydrogen) atoms. The van der Waals surface area contributed by atoms with Crippen molar-refractivity contribution in [1.82, 2.24) is 15.0 Å². The number of halogens is 2. The van der Waals surface area contributed by atoms with Crippen molar-refractivity contribution >= 4 is 29.0 Å². The van der Waals surface area contributed by atoms with Crippen molar-refractivity contribution in [1.29, 1.82) is 0 Å². The third-order valence-corrected chi connectivity index (χ3v) is 5.05. The molecule has 3 aromatic rings. The molecule has 150 valence electrons. The summed E-state index contributed by atoms with van der Waals surface area (Å²) < 4.78 is 18.3. The molecule has 1 fully saturated rings. The lowest BCUT2D eigenvalue weighted by atomic mass is 10.1. The summed E-state index contributed by atoms with van der Waals surface area (Å²) in [6, 6.07) is 11.8. The zero-order chi connectivity index (χ0) is 20.4. The van der Waals surface area contributed by atoms with Gasteiger partial charge in [-0.05, 0) is 42.5 Å². The first-order chi connectivity index (χ1) is 14.0. The SMILES string of the molecule is Cc1nc(-c2ccc(N3CCN(C(=O)Nc4ccc(F)c(Cl)c4)CC3)cc2)no1. The number of hydrogen-bond acceptors (Lipinski definition) is 5. The minimum atomic E-state index is -0.515. The van der Waals surface area contributed by atoms with E-state index >= 15 is 0 Å². The highest BCUT2D eigenvalue weighted by Gasteiger charge is 2.21. The van der Waals surface area contributed by atoms with E-state index in [4.69, 9.17) is 16.1 Å². The summed E-state index contributed by atoms with van der Waals surface area (Å²) in [6.07, 6.45) is 0. The zero-order valence-electron chi connectivity index (χ0n) is 15.7. The number of amides is 2. The zero-order valence-corrected chi connectivity index (χ0v) is 16.5. The van der Waals surface area contributed by atoms with Gasteiger partial charge < -0.3 is 19.6 Å². The maximum absolute atomic E-state index is 13.2. The number of urea groups is 1. The normalized spacial score (nSPS) is 14.2. The monoisotopic (exact) mass is 415 g/mol. The Kier molecular flexibility index (Phi) is 5.35. The lowest BCUT2D eigenvalue weighted by molar-refractivity contribution is 0.208. The van der Waals surface area contributed by atoms with Crippen LogP contribution in [0.15, 0.2) is 47.0 Å². The molecule has 1 aliphatic rings. The highest BCUT2D eigenvalue weighted by atomic mass is 35.5. The van der Waals surface area contributed by atoms with Gasteiger partial charge in [-0.2, -0.15) is 4.98 Å². The van der Waals surface area contributed by atoms with Gasteiger partial charge >= 0.3 is 6.03 Å². The van der Waals surface area contributed by atoms with Crippen molar-refractivity contribution < 1.29 is 13.7 Å². The molecule has 0 unspecified atom stereocenters. The number of benzene rings is 2. The summed E-state index contributed by atoms with van der Waals surface area (Å²) in [4.78, 5) is 20.6. The van der Waals surface area contributed by atoms with Crippen LogP contribution < -0.4 is 10.2 Å². The largest absolute Gasteiger partial charge is 0.368 e. The molecule has 1 aromatic heterocycles. The average molecular weight is 416 g/mol. The average Bonchev–Trinajstić information content (AvgIpc) is 3.17. The van der Waals surface area contributed by atoms with Crippen molar-refractivity contribution in [2.24, 2.45) is 0 Å². The predicted octanol–water partition coefficient (Wildman–Crippen LogP) is 4.19. The molecule has 7 nitrogen and oxygen atoms in total. The molecule has 2 aromatic carbocycles. The molecule has 0 spiro atoms. The van der Waals surface area contributed by atoms with Gasteiger partial charge in [-0.1, -0.05) is 16.8 Å². The summed E-state index contributed by atoms with van der Waals surface area (Å²) in [7, 11) is 0. The Morgan fingerprint density at radius 2 is 1.86 bits per heavy atom.